The molecule has 5 heteroatoms. The predicted molar refractivity (Wildman–Crippen MR) is 74.1 cm³/mol. The molecule has 2 aromatic rings. The van der Waals surface area contributed by atoms with Crippen molar-refractivity contribution in [1.82, 2.24) is 4.98 Å². The zero-order valence-corrected chi connectivity index (χ0v) is 11.5. The first-order chi connectivity index (χ1) is 9.63. The molecule has 0 unspecified atom stereocenters. The Hall–Kier alpha value is -2.14. The second-order valence-corrected chi connectivity index (χ2v) is 4.35. The third kappa shape index (κ3) is 3.24. The summed E-state index contributed by atoms with van der Waals surface area (Å²) in [6.45, 7) is 2.28. The van der Waals surface area contributed by atoms with E-state index >= 15 is 0 Å². The molecular formula is C15H17FN2O2. The van der Waals surface area contributed by atoms with Gasteiger partial charge in [0.1, 0.15) is 23.9 Å². The molecule has 0 saturated heterocycles. The highest BCUT2D eigenvalue weighted by Gasteiger charge is 2.08. The molecule has 1 aromatic heterocycles. The van der Waals surface area contributed by atoms with E-state index in [2.05, 4.69) is 4.98 Å². The molecule has 0 radical (unpaired) electrons. The molecule has 0 aliphatic heterocycles. The lowest BCUT2D eigenvalue weighted by Crippen LogP contribution is -2.06. The Labute approximate surface area is 117 Å². The van der Waals surface area contributed by atoms with Crippen LogP contribution in [0.3, 0.4) is 0 Å². The van der Waals surface area contributed by atoms with Crippen molar-refractivity contribution in [2.45, 2.75) is 20.1 Å². The molecular weight excluding hydrogens is 259 g/mol. The molecule has 0 saturated carbocycles. The molecule has 20 heavy (non-hydrogen) atoms. The lowest BCUT2D eigenvalue weighted by molar-refractivity contribution is 0.294. The fourth-order valence-corrected chi connectivity index (χ4v) is 1.80. The molecule has 2 rings (SSSR count). The highest BCUT2D eigenvalue weighted by atomic mass is 19.1. The summed E-state index contributed by atoms with van der Waals surface area (Å²) in [4.78, 5) is 4.29. The first kappa shape index (κ1) is 14.3. The van der Waals surface area contributed by atoms with Crippen molar-refractivity contribution in [2.24, 2.45) is 5.73 Å². The largest absolute Gasteiger partial charge is 0.497 e. The van der Waals surface area contributed by atoms with Gasteiger partial charge in [-0.05, 0) is 31.2 Å². The summed E-state index contributed by atoms with van der Waals surface area (Å²) in [5.74, 6) is 0.693. The van der Waals surface area contributed by atoms with Crippen LogP contribution in [-0.2, 0) is 13.2 Å². The van der Waals surface area contributed by atoms with Crippen molar-refractivity contribution in [1.29, 1.82) is 0 Å². The van der Waals surface area contributed by atoms with Crippen LogP contribution in [0.15, 0.2) is 30.3 Å². The fourth-order valence-electron chi connectivity index (χ4n) is 1.80. The van der Waals surface area contributed by atoms with E-state index in [-0.39, 0.29) is 19.0 Å². The van der Waals surface area contributed by atoms with Crippen molar-refractivity contribution in [3.8, 4) is 11.5 Å². The smallest absolute Gasteiger partial charge is 0.142 e. The average molecular weight is 276 g/mol. The van der Waals surface area contributed by atoms with Crippen LogP contribution in [0.2, 0.25) is 0 Å². The maximum Gasteiger partial charge on any atom is 0.142 e. The van der Waals surface area contributed by atoms with E-state index < -0.39 is 0 Å². The van der Waals surface area contributed by atoms with E-state index in [4.69, 9.17) is 15.2 Å². The van der Waals surface area contributed by atoms with Gasteiger partial charge in [0.2, 0.25) is 0 Å². The lowest BCUT2D eigenvalue weighted by atomic mass is 10.2. The van der Waals surface area contributed by atoms with Crippen molar-refractivity contribution in [3.63, 3.8) is 0 Å². The first-order valence-corrected chi connectivity index (χ1v) is 6.26. The summed E-state index contributed by atoms with van der Waals surface area (Å²) < 4.78 is 24.3. The molecule has 0 spiro atoms. The minimum Gasteiger partial charge on any atom is -0.497 e. The molecule has 1 aromatic carbocycles. The first-order valence-electron chi connectivity index (χ1n) is 6.26. The molecule has 0 aliphatic rings. The highest BCUT2D eigenvalue weighted by molar-refractivity contribution is 5.31. The Bertz CT molecular complexity index is 602. The van der Waals surface area contributed by atoms with Gasteiger partial charge in [-0.15, -0.1) is 0 Å². The summed E-state index contributed by atoms with van der Waals surface area (Å²) >= 11 is 0. The number of aromatic nitrogens is 1. The fraction of sp³-hybridized carbons (Fsp3) is 0.267. The highest BCUT2D eigenvalue weighted by Crippen LogP contribution is 2.21. The second kappa shape index (κ2) is 6.34. The van der Waals surface area contributed by atoms with Gasteiger partial charge in [0, 0.05) is 23.9 Å². The Morgan fingerprint density at radius 1 is 1.25 bits per heavy atom. The van der Waals surface area contributed by atoms with Gasteiger partial charge in [-0.2, -0.15) is 0 Å². The van der Waals surface area contributed by atoms with E-state index in [9.17, 15) is 4.39 Å². The quantitative estimate of drug-likeness (QED) is 0.912. The van der Waals surface area contributed by atoms with Crippen molar-refractivity contribution >= 4 is 0 Å². The standard InChI is InChI=1S/C15H17FN2O2/c1-10-3-6-15(14(8-17)18-10)20-9-11-4-5-12(19-2)7-13(11)16/h3-7H,8-9,17H2,1-2H3. The van der Waals surface area contributed by atoms with E-state index in [1.807, 2.05) is 13.0 Å². The van der Waals surface area contributed by atoms with Gasteiger partial charge in [0.05, 0.1) is 12.8 Å². The van der Waals surface area contributed by atoms with Crippen LogP contribution in [0.1, 0.15) is 17.0 Å². The van der Waals surface area contributed by atoms with Crippen molar-refractivity contribution in [3.05, 3.63) is 53.1 Å². The van der Waals surface area contributed by atoms with Gasteiger partial charge >= 0.3 is 0 Å². The zero-order valence-electron chi connectivity index (χ0n) is 11.5. The van der Waals surface area contributed by atoms with Gasteiger partial charge in [0.25, 0.3) is 0 Å². The van der Waals surface area contributed by atoms with Gasteiger partial charge in [-0.25, -0.2) is 4.39 Å². The summed E-state index contributed by atoms with van der Waals surface area (Å²) in [7, 11) is 1.50. The Balaban J connectivity index is 2.12. The summed E-state index contributed by atoms with van der Waals surface area (Å²) in [5.41, 5.74) is 7.61. The van der Waals surface area contributed by atoms with Crippen LogP contribution in [0.25, 0.3) is 0 Å². The molecule has 0 fully saturated rings. The summed E-state index contributed by atoms with van der Waals surface area (Å²) in [5, 5.41) is 0. The van der Waals surface area contributed by atoms with Gasteiger partial charge < -0.3 is 15.2 Å². The Morgan fingerprint density at radius 2 is 2.05 bits per heavy atom. The number of pyridine rings is 1. The van der Waals surface area contributed by atoms with E-state index in [0.717, 1.165) is 5.69 Å². The molecule has 2 N–H and O–H groups in total. The van der Waals surface area contributed by atoms with Crippen molar-refractivity contribution < 1.29 is 13.9 Å². The van der Waals surface area contributed by atoms with Gasteiger partial charge in [0.15, 0.2) is 0 Å². The topological polar surface area (TPSA) is 57.4 Å². The number of nitrogens with zero attached hydrogens (tertiary/aromatic N) is 1. The predicted octanol–water partition coefficient (Wildman–Crippen LogP) is 2.58. The SMILES string of the molecule is COc1ccc(COc2ccc(C)nc2CN)c(F)c1. The van der Waals surface area contributed by atoms with Crippen molar-refractivity contribution in [2.75, 3.05) is 7.11 Å². The van der Waals surface area contributed by atoms with Crippen LogP contribution in [0.5, 0.6) is 11.5 Å². The molecule has 0 amide bonds. The number of rotatable bonds is 5. The molecule has 0 atom stereocenters. The number of aryl methyl sites for hydroxylation is 1. The molecule has 0 bridgehead atoms. The van der Waals surface area contributed by atoms with E-state index in [1.165, 1.54) is 13.2 Å². The number of halogens is 1. The third-order valence-corrected chi connectivity index (χ3v) is 2.91. The van der Waals surface area contributed by atoms with E-state index in [1.54, 1.807) is 18.2 Å². The number of hydrogen-bond acceptors (Lipinski definition) is 4. The number of ether oxygens (including phenoxy) is 2. The van der Waals surface area contributed by atoms with E-state index in [0.29, 0.717) is 22.8 Å². The maximum absolute atomic E-state index is 13.8. The number of nitrogens with two attached hydrogens (primary N) is 1. The molecule has 1 heterocycles. The van der Waals surface area contributed by atoms with Crippen LogP contribution in [0.4, 0.5) is 4.39 Å². The van der Waals surface area contributed by atoms with Crippen LogP contribution in [0, 0.1) is 12.7 Å². The lowest BCUT2D eigenvalue weighted by Gasteiger charge is -2.11. The summed E-state index contributed by atoms with van der Waals surface area (Å²) in [6.07, 6.45) is 0. The third-order valence-electron chi connectivity index (χ3n) is 2.91. The minimum absolute atomic E-state index is 0.119. The number of hydrogen-bond donors (Lipinski definition) is 1. The molecule has 4 nitrogen and oxygen atoms in total. The monoisotopic (exact) mass is 276 g/mol. The Morgan fingerprint density at radius 3 is 2.70 bits per heavy atom. The number of methoxy groups -OCH3 is 1. The Kier molecular flexibility index (Phi) is 4.53. The second-order valence-electron chi connectivity index (χ2n) is 4.35. The average Bonchev–Trinajstić information content (AvgIpc) is 2.46. The summed E-state index contributed by atoms with van der Waals surface area (Å²) in [6, 6.07) is 8.29. The van der Waals surface area contributed by atoms with Crippen LogP contribution < -0.4 is 15.2 Å². The minimum atomic E-state index is -0.362. The molecule has 0 aliphatic carbocycles. The normalized spacial score (nSPS) is 10.4. The van der Waals surface area contributed by atoms with Gasteiger partial charge in [-0.3, -0.25) is 4.98 Å². The number of benzene rings is 1. The van der Waals surface area contributed by atoms with Crippen LogP contribution >= 0.6 is 0 Å². The van der Waals surface area contributed by atoms with Gasteiger partial charge in [-0.1, -0.05) is 0 Å². The maximum atomic E-state index is 13.8. The zero-order chi connectivity index (χ0) is 14.5. The molecule has 106 valence electrons. The van der Waals surface area contributed by atoms with Crippen LogP contribution in [-0.4, -0.2) is 12.1 Å².